The lowest BCUT2D eigenvalue weighted by atomic mass is 10.1. The molecule has 5 nitrogen and oxygen atoms in total. The van der Waals surface area contributed by atoms with Gasteiger partial charge in [0.1, 0.15) is 5.69 Å². The van der Waals surface area contributed by atoms with E-state index in [-0.39, 0.29) is 11.7 Å². The maximum Gasteiger partial charge on any atom is 0.276 e. The number of aryl methyl sites for hydroxylation is 1. The van der Waals surface area contributed by atoms with Gasteiger partial charge in [-0.3, -0.25) is 14.6 Å². The number of carbonyl (C=O) groups is 2. The number of nitrogens with one attached hydrogen (secondary N) is 1. The van der Waals surface area contributed by atoms with E-state index < -0.39 is 0 Å². The maximum absolute atomic E-state index is 13.0. The first-order valence-corrected chi connectivity index (χ1v) is 9.20. The van der Waals surface area contributed by atoms with Crippen LogP contribution in [0.3, 0.4) is 0 Å². The van der Waals surface area contributed by atoms with Crippen molar-refractivity contribution in [2.75, 3.05) is 16.8 Å². The molecule has 0 unspecified atom stereocenters. The van der Waals surface area contributed by atoms with Crippen molar-refractivity contribution in [1.82, 2.24) is 4.98 Å². The molecule has 0 bridgehead atoms. The molecule has 1 N–H and O–H groups in total. The van der Waals surface area contributed by atoms with Gasteiger partial charge in [0.25, 0.3) is 5.91 Å². The van der Waals surface area contributed by atoms with Gasteiger partial charge in [-0.15, -0.1) is 0 Å². The first-order chi connectivity index (χ1) is 13.5. The maximum atomic E-state index is 13.0. The molecule has 0 aliphatic rings. The summed E-state index contributed by atoms with van der Waals surface area (Å²) in [6.07, 6.45) is 1.61. The highest BCUT2D eigenvalue weighted by atomic mass is 16.2. The molecule has 1 aromatic heterocycles. The minimum Gasteiger partial charge on any atom is -0.355 e. The molecule has 0 aliphatic carbocycles. The SMILES string of the molecule is CCN(C(=O)c1cc(Nc2cccc(C(C)=O)c2)ccn1)c1cccc(C)c1. The van der Waals surface area contributed by atoms with Crippen LogP contribution < -0.4 is 10.2 Å². The molecule has 0 spiro atoms. The van der Waals surface area contributed by atoms with Crippen LogP contribution >= 0.6 is 0 Å². The summed E-state index contributed by atoms with van der Waals surface area (Å²) in [5.74, 6) is -0.153. The third-order valence-electron chi connectivity index (χ3n) is 4.41. The number of rotatable bonds is 6. The standard InChI is InChI=1S/C23H23N3O2/c1-4-26(21-10-5-7-16(2)13-21)23(28)22-15-20(11-12-24-22)25-19-9-6-8-18(14-19)17(3)27/h5-15H,4H2,1-3H3,(H,24,25). The van der Waals surface area contributed by atoms with Crippen LogP contribution in [0.1, 0.15) is 40.3 Å². The predicted molar refractivity (Wildman–Crippen MR) is 112 cm³/mol. The van der Waals surface area contributed by atoms with Crippen LogP contribution in [-0.2, 0) is 0 Å². The number of aromatic nitrogens is 1. The van der Waals surface area contributed by atoms with Gasteiger partial charge in [-0.1, -0.05) is 24.3 Å². The third kappa shape index (κ3) is 4.43. The summed E-state index contributed by atoms with van der Waals surface area (Å²) in [5, 5.41) is 3.24. The van der Waals surface area contributed by atoms with Gasteiger partial charge < -0.3 is 10.2 Å². The molecule has 28 heavy (non-hydrogen) atoms. The summed E-state index contributed by atoms with van der Waals surface area (Å²) in [6.45, 7) is 6.02. The van der Waals surface area contributed by atoms with Crippen LogP contribution in [0.15, 0.2) is 66.9 Å². The molecule has 0 saturated carbocycles. The zero-order valence-electron chi connectivity index (χ0n) is 16.3. The highest BCUT2D eigenvalue weighted by Crippen LogP contribution is 2.21. The van der Waals surface area contributed by atoms with Gasteiger partial charge in [0.05, 0.1) is 0 Å². The van der Waals surface area contributed by atoms with Crippen molar-refractivity contribution in [3.8, 4) is 0 Å². The van der Waals surface area contributed by atoms with Crippen molar-refractivity contribution >= 4 is 28.8 Å². The second-order valence-corrected chi connectivity index (χ2v) is 6.58. The zero-order valence-corrected chi connectivity index (χ0v) is 16.3. The Morgan fingerprint density at radius 3 is 2.46 bits per heavy atom. The molecular formula is C23H23N3O2. The number of amides is 1. The topological polar surface area (TPSA) is 62.3 Å². The van der Waals surface area contributed by atoms with Crippen LogP contribution in [0, 0.1) is 6.92 Å². The predicted octanol–water partition coefficient (Wildman–Crippen LogP) is 5.00. The fraction of sp³-hybridized carbons (Fsp3) is 0.174. The minimum atomic E-state index is -0.158. The molecule has 0 radical (unpaired) electrons. The fourth-order valence-electron chi connectivity index (χ4n) is 2.99. The van der Waals surface area contributed by atoms with Crippen molar-refractivity contribution in [2.24, 2.45) is 0 Å². The summed E-state index contributed by atoms with van der Waals surface area (Å²) in [4.78, 5) is 30.6. The fourth-order valence-corrected chi connectivity index (χ4v) is 2.99. The van der Waals surface area contributed by atoms with Gasteiger partial charge in [0, 0.05) is 35.4 Å². The molecule has 0 aliphatic heterocycles. The number of carbonyl (C=O) groups excluding carboxylic acids is 2. The lowest BCUT2D eigenvalue weighted by molar-refractivity contribution is 0.0981. The van der Waals surface area contributed by atoms with E-state index in [2.05, 4.69) is 10.3 Å². The molecule has 0 atom stereocenters. The van der Waals surface area contributed by atoms with Gasteiger partial charge in [0.2, 0.25) is 0 Å². The Morgan fingerprint density at radius 2 is 1.75 bits per heavy atom. The second kappa shape index (κ2) is 8.48. The number of anilines is 3. The Labute approximate surface area is 165 Å². The Bertz CT molecular complexity index is 1010. The van der Waals surface area contributed by atoms with Gasteiger partial charge in [-0.05, 0) is 62.7 Å². The summed E-state index contributed by atoms with van der Waals surface area (Å²) in [6, 6.07) is 18.6. The van der Waals surface area contributed by atoms with Gasteiger partial charge in [-0.25, -0.2) is 0 Å². The Balaban J connectivity index is 1.85. The highest BCUT2D eigenvalue weighted by molar-refractivity contribution is 6.05. The van der Waals surface area contributed by atoms with Crippen LogP contribution in [0.4, 0.5) is 17.1 Å². The first-order valence-electron chi connectivity index (χ1n) is 9.20. The van der Waals surface area contributed by atoms with Crippen molar-refractivity contribution in [1.29, 1.82) is 0 Å². The molecule has 0 saturated heterocycles. The van der Waals surface area contributed by atoms with E-state index >= 15 is 0 Å². The molecule has 3 rings (SSSR count). The Kier molecular flexibility index (Phi) is 5.84. The van der Waals surface area contributed by atoms with Crippen molar-refractivity contribution < 1.29 is 9.59 Å². The van der Waals surface area contributed by atoms with Gasteiger partial charge in [0.15, 0.2) is 5.78 Å². The van der Waals surface area contributed by atoms with Crippen LogP contribution in [-0.4, -0.2) is 23.2 Å². The normalized spacial score (nSPS) is 10.4. The Morgan fingerprint density at radius 1 is 1.00 bits per heavy atom. The van der Waals surface area contributed by atoms with E-state index in [0.717, 1.165) is 22.6 Å². The molecular weight excluding hydrogens is 350 g/mol. The molecule has 2 aromatic carbocycles. The van der Waals surface area contributed by atoms with Crippen LogP contribution in [0.2, 0.25) is 0 Å². The number of hydrogen-bond acceptors (Lipinski definition) is 4. The molecule has 1 heterocycles. The van der Waals surface area contributed by atoms with E-state index in [4.69, 9.17) is 0 Å². The summed E-state index contributed by atoms with van der Waals surface area (Å²) in [7, 11) is 0. The lowest BCUT2D eigenvalue weighted by Crippen LogP contribution is -2.31. The highest BCUT2D eigenvalue weighted by Gasteiger charge is 2.18. The quantitative estimate of drug-likeness (QED) is 0.618. The summed E-state index contributed by atoms with van der Waals surface area (Å²) >= 11 is 0. The molecule has 3 aromatic rings. The van der Waals surface area contributed by atoms with E-state index in [9.17, 15) is 9.59 Å². The molecule has 0 fully saturated rings. The second-order valence-electron chi connectivity index (χ2n) is 6.58. The van der Waals surface area contributed by atoms with Crippen molar-refractivity contribution in [3.63, 3.8) is 0 Å². The first kappa shape index (κ1) is 19.3. The molecule has 1 amide bonds. The largest absolute Gasteiger partial charge is 0.355 e. The minimum absolute atomic E-state index is 0.00554. The average Bonchev–Trinajstić information content (AvgIpc) is 2.69. The number of Topliss-reactive ketones (excluding diaryl/α,β-unsaturated/α-hetero) is 1. The number of hydrogen-bond donors (Lipinski definition) is 1. The molecule has 5 heteroatoms. The Hall–Kier alpha value is -3.47. The van der Waals surface area contributed by atoms with Gasteiger partial charge >= 0.3 is 0 Å². The lowest BCUT2D eigenvalue weighted by Gasteiger charge is -2.21. The monoisotopic (exact) mass is 373 g/mol. The number of ketones is 1. The van der Waals surface area contributed by atoms with Crippen LogP contribution in [0.5, 0.6) is 0 Å². The zero-order chi connectivity index (χ0) is 20.1. The average molecular weight is 373 g/mol. The summed E-state index contributed by atoms with van der Waals surface area (Å²) < 4.78 is 0. The number of nitrogens with zero attached hydrogens (tertiary/aromatic N) is 2. The van der Waals surface area contributed by atoms with E-state index in [1.54, 1.807) is 35.4 Å². The van der Waals surface area contributed by atoms with Crippen LogP contribution in [0.25, 0.3) is 0 Å². The van der Waals surface area contributed by atoms with E-state index in [0.29, 0.717) is 17.8 Å². The van der Waals surface area contributed by atoms with E-state index in [1.807, 2.05) is 50.2 Å². The van der Waals surface area contributed by atoms with Crippen molar-refractivity contribution in [2.45, 2.75) is 20.8 Å². The smallest absolute Gasteiger partial charge is 0.276 e. The van der Waals surface area contributed by atoms with Crippen molar-refractivity contribution in [3.05, 3.63) is 83.7 Å². The summed E-state index contributed by atoms with van der Waals surface area (Å²) in [5.41, 5.74) is 4.45. The number of benzene rings is 2. The third-order valence-corrected chi connectivity index (χ3v) is 4.41. The number of pyridine rings is 1. The van der Waals surface area contributed by atoms with E-state index in [1.165, 1.54) is 6.92 Å². The van der Waals surface area contributed by atoms with Gasteiger partial charge in [-0.2, -0.15) is 0 Å². The molecule has 142 valence electrons.